The van der Waals surface area contributed by atoms with Gasteiger partial charge in [0.05, 0.1) is 11.3 Å². The van der Waals surface area contributed by atoms with Gasteiger partial charge in [-0.3, -0.25) is 14.6 Å². The summed E-state index contributed by atoms with van der Waals surface area (Å²) < 4.78 is 19.5. The van der Waals surface area contributed by atoms with E-state index in [-0.39, 0.29) is 23.1 Å². The van der Waals surface area contributed by atoms with Crippen molar-refractivity contribution in [2.75, 3.05) is 42.1 Å². The van der Waals surface area contributed by atoms with Crippen molar-refractivity contribution in [2.24, 2.45) is 0 Å². The zero-order valence-electron chi connectivity index (χ0n) is 19.7. The van der Waals surface area contributed by atoms with Crippen LogP contribution in [0.25, 0.3) is 11.6 Å². The number of benzene rings is 2. The van der Waals surface area contributed by atoms with Crippen molar-refractivity contribution in [1.82, 2.24) is 20.1 Å². The third-order valence-corrected chi connectivity index (χ3v) is 6.62. The molecule has 0 spiro atoms. The number of thioether (sulfide) groups is 1. The average Bonchev–Trinajstić information content (AvgIpc) is 3.42. The van der Waals surface area contributed by atoms with Crippen LogP contribution >= 0.6 is 11.8 Å². The summed E-state index contributed by atoms with van der Waals surface area (Å²) in [5.74, 6) is -0.574. The Bertz CT molecular complexity index is 1370. The highest BCUT2D eigenvalue weighted by Crippen LogP contribution is 2.23. The van der Waals surface area contributed by atoms with E-state index in [0.29, 0.717) is 48.7 Å². The number of anilines is 2. The van der Waals surface area contributed by atoms with Gasteiger partial charge in [-0.2, -0.15) is 0 Å². The molecule has 0 saturated carbocycles. The molecule has 5 rings (SSSR count). The summed E-state index contributed by atoms with van der Waals surface area (Å²) in [6, 6.07) is 19.0. The van der Waals surface area contributed by atoms with Gasteiger partial charge in [0.2, 0.25) is 5.91 Å². The number of piperazine rings is 1. The lowest BCUT2D eigenvalue weighted by Gasteiger charge is -2.36. The van der Waals surface area contributed by atoms with Crippen molar-refractivity contribution >= 4 is 35.0 Å². The van der Waals surface area contributed by atoms with Gasteiger partial charge in [0, 0.05) is 43.8 Å². The minimum absolute atomic E-state index is 0.0990. The molecule has 0 aliphatic carbocycles. The van der Waals surface area contributed by atoms with Crippen LogP contribution in [0.15, 0.2) is 82.6 Å². The normalized spacial score (nSPS) is 13.4. The molecule has 188 valence electrons. The van der Waals surface area contributed by atoms with Gasteiger partial charge < -0.3 is 19.5 Å². The van der Waals surface area contributed by atoms with Crippen LogP contribution in [0.2, 0.25) is 0 Å². The molecule has 11 heteroatoms. The molecule has 1 N–H and O–H groups in total. The predicted octanol–water partition coefficient (Wildman–Crippen LogP) is 3.96. The Morgan fingerprint density at radius 1 is 0.946 bits per heavy atom. The van der Waals surface area contributed by atoms with Gasteiger partial charge in [-0.25, -0.2) is 4.39 Å². The molecule has 1 aliphatic rings. The second-order valence-electron chi connectivity index (χ2n) is 8.23. The quantitative estimate of drug-likeness (QED) is 0.367. The van der Waals surface area contributed by atoms with Gasteiger partial charge in [0.15, 0.2) is 0 Å². The van der Waals surface area contributed by atoms with E-state index in [4.69, 9.17) is 4.42 Å². The number of pyridine rings is 1. The van der Waals surface area contributed by atoms with E-state index >= 15 is 0 Å². The molecule has 37 heavy (non-hydrogen) atoms. The lowest BCUT2D eigenvalue weighted by Crippen LogP contribution is -2.49. The maximum absolute atomic E-state index is 14.0. The number of nitrogens with one attached hydrogen (secondary N) is 1. The molecule has 4 aromatic rings. The largest absolute Gasteiger partial charge is 0.410 e. The highest BCUT2D eigenvalue weighted by atomic mass is 32.2. The maximum atomic E-state index is 14.0. The molecule has 0 radical (unpaired) electrons. The lowest BCUT2D eigenvalue weighted by molar-refractivity contribution is -0.113. The first-order valence-electron chi connectivity index (χ1n) is 11.6. The third-order valence-electron chi connectivity index (χ3n) is 5.80. The van der Waals surface area contributed by atoms with Gasteiger partial charge in [0.25, 0.3) is 17.0 Å². The minimum Gasteiger partial charge on any atom is -0.410 e. The van der Waals surface area contributed by atoms with E-state index in [9.17, 15) is 14.0 Å². The van der Waals surface area contributed by atoms with Gasteiger partial charge in [-0.1, -0.05) is 30.0 Å². The molecule has 1 saturated heterocycles. The van der Waals surface area contributed by atoms with Crippen LogP contribution in [0.1, 0.15) is 10.4 Å². The second-order valence-corrected chi connectivity index (χ2v) is 9.16. The third kappa shape index (κ3) is 5.95. The smallest absolute Gasteiger partial charge is 0.277 e. The number of hydrogen-bond donors (Lipinski definition) is 1. The van der Waals surface area contributed by atoms with Crippen LogP contribution < -0.4 is 10.2 Å². The van der Waals surface area contributed by atoms with Crippen LogP contribution in [0.4, 0.5) is 15.8 Å². The van der Waals surface area contributed by atoms with E-state index in [2.05, 4.69) is 25.4 Å². The van der Waals surface area contributed by atoms with Crippen molar-refractivity contribution in [3.8, 4) is 11.6 Å². The summed E-state index contributed by atoms with van der Waals surface area (Å²) in [6.45, 7) is 2.27. The topological polar surface area (TPSA) is 104 Å². The van der Waals surface area contributed by atoms with Crippen molar-refractivity contribution in [3.05, 3.63) is 84.3 Å². The number of rotatable bonds is 7. The van der Waals surface area contributed by atoms with Crippen LogP contribution in [-0.2, 0) is 4.79 Å². The zero-order chi connectivity index (χ0) is 25.6. The summed E-state index contributed by atoms with van der Waals surface area (Å²) >= 11 is 1.15. The molecule has 2 amide bonds. The Labute approximate surface area is 216 Å². The van der Waals surface area contributed by atoms with Crippen molar-refractivity contribution in [1.29, 1.82) is 0 Å². The number of hydrogen-bond acceptors (Lipinski definition) is 8. The van der Waals surface area contributed by atoms with Crippen LogP contribution in [-0.4, -0.2) is 63.8 Å². The SMILES string of the molecule is O=C(CSc1nnc(-c2ccccn2)o1)Nc1ccc(N2CCN(C(=O)c3ccccc3F)CC2)cc1. The molecule has 2 aromatic carbocycles. The van der Waals surface area contributed by atoms with Crippen molar-refractivity contribution in [2.45, 2.75) is 5.22 Å². The second kappa shape index (κ2) is 11.2. The van der Waals surface area contributed by atoms with Crippen LogP contribution in [0.5, 0.6) is 0 Å². The molecule has 2 aromatic heterocycles. The lowest BCUT2D eigenvalue weighted by atomic mass is 10.1. The Morgan fingerprint density at radius 3 is 2.43 bits per heavy atom. The fourth-order valence-electron chi connectivity index (χ4n) is 3.91. The Hall–Kier alpha value is -4.25. The summed E-state index contributed by atoms with van der Waals surface area (Å²) in [5, 5.41) is 11.1. The predicted molar refractivity (Wildman–Crippen MR) is 138 cm³/mol. The number of nitrogens with zero attached hydrogens (tertiary/aromatic N) is 5. The van der Waals surface area contributed by atoms with E-state index in [1.165, 1.54) is 12.1 Å². The standard InChI is InChI=1S/C26H23FN6O3S/c27-21-6-2-1-5-20(21)25(35)33-15-13-32(14-16-33)19-10-8-18(9-11-19)29-23(34)17-37-26-31-30-24(36-26)22-7-3-4-12-28-22/h1-12H,13-17H2,(H,29,34). The van der Waals surface area contributed by atoms with E-state index in [1.807, 2.05) is 30.3 Å². The van der Waals surface area contributed by atoms with E-state index in [1.54, 1.807) is 35.4 Å². The fourth-order valence-corrected chi connectivity index (χ4v) is 4.48. The van der Waals surface area contributed by atoms with Crippen molar-refractivity contribution < 1.29 is 18.4 Å². The Morgan fingerprint density at radius 2 is 1.70 bits per heavy atom. The van der Waals surface area contributed by atoms with E-state index < -0.39 is 5.82 Å². The molecular formula is C26H23FN6O3S. The van der Waals surface area contributed by atoms with E-state index in [0.717, 1.165) is 17.4 Å². The average molecular weight is 519 g/mol. The van der Waals surface area contributed by atoms with Gasteiger partial charge >= 0.3 is 0 Å². The summed E-state index contributed by atoms with van der Waals surface area (Å²) in [7, 11) is 0. The number of halogens is 1. The first-order valence-corrected chi connectivity index (χ1v) is 12.6. The maximum Gasteiger partial charge on any atom is 0.277 e. The number of carbonyl (C=O) groups is 2. The molecule has 3 heterocycles. The number of carbonyl (C=O) groups excluding carboxylic acids is 2. The van der Waals surface area contributed by atoms with Gasteiger partial charge in [0.1, 0.15) is 11.5 Å². The monoisotopic (exact) mass is 518 g/mol. The number of aromatic nitrogens is 3. The minimum atomic E-state index is -0.503. The molecule has 9 nitrogen and oxygen atoms in total. The summed E-state index contributed by atoms with van der Waals surface area (Å²) in [6.07, 6.45) is 1.64. The van der Waals surface area contributed by atoms with Crippen molar-refractivity contribution in [3.63, 3.8) is 0 Å². The molecule has 1 aliphatic heterocycles. The highest BCUT2D eigenvalue weighted by molar-refractivity contribution is 7.99. The summed E-state index contributed by atoms with van der Waals surface area (Å²) in [4.78, 5) is 33.0. The zero-order valence-corrected chi connectivity index (χ0v) is 20.5. The fraction of sp³-hybridized carbons (Fsp3) is 0.192. The molecule has 0 bridgehead atoms. The first-order chi connectivity index (χ1) is 18.1. The number of amides is 2. The van der Waals surface area contributed by atoms with Gasteiger partial charge in [-0.15, -0.1) is 10.2 Å². The molecule has 1 fully saturated rings. The van der Waals surface area contributed by atoms with Crippen LogP contribution in [0, 0.1) is 5.82 Å². The molecular weight excluding hydrogens is 495 g/mol. The molecule has 0 atom stereocenters. The first kappa shape index (κ1) is 24.4. The van der Waals surface area contributed by atoms with Gasteiger partial charge in [-0.05, 0) is 48.5 Å². The Balaban J connectivity index is 1.09. The van der Waals surface area contributed by atoms with Crippen LogP contribution in [0.3, 0.4) is 0 Å². The molecule has 0 unspecified atom stereocenters. The Kier molecular flexibility index (Phi) is 7.41. The summed E-state index contributed by atoms with van der Waals surface area (Å²) in [5.41, 5.74) is 2.33. The highest BCUT2D eigenvalue weighted by Gasteiger charge is 2.24.